The molecule has 0 radical (unpaired) electrons. The largest absolute Gasteiger partial charge is 0.417 e. The van der Waals surface area contributed by atoms with Gasteiger partial charge in [0, 0.05) is 12.2 Å². The van der Waals surface area contributed by atoms with E-state index in [9.17, 15) is 14.4 Å². The summed E-state index contributed by atoms with van der Waals surface area (Å²) in [5.74, 6) is -0.596. The average Bonchev–Trinajstić information content (AvgIpc) is 3.10. The van der Waals surface area contributed by atoms with E-state index < -0.39 is 18.2 Å². The fourth-order valence-corrected chi connectivity index (χ4v) is 3.13. The number of hydrogen-bond donors (Lipinski definition) is 2. The number of amides is 3. The van der Waals surface area contributed by atoms with E-state index in [4.69, 9.17) is 0 Å². The number of hydrogen-bond acceptors (Lipinski definition) is 4. The Labute approximate surface area is 167 Å². The maximum atomic E-state index is 12.9. The first kappa shape index (κ1) is 20.5. The van der Waals surface area contributed by atoms with Gasteiger partial charge in [-0.3, -0.25) is 9.59 Å². The SMILES string of the molecule is Cc1ccc(NC(=O)[C@@H]2CCCN2C(=O)[C@@H](NC(=O)OI)C(C)C)cc1. The minimum Gasteiger partial charge on any atom is -0.378 e. The Balaban J connectivity index is 2.09. The van der Waals surface area contributed by atoms with Gasteiger partial charge in [0.1, 0.15) is 12.1 Å². The van der Waals surface area contributed by atoms with Crippen molar-refractivity contribution < 1.29 is 17.4 Å². The molecule has 7 nitrogen and oxygen atoms in total. The van der Waals surface area contributed by atoms with Gasteiger partial charge in [-0.15, -0.1) is 0 Å². The smallest absolute Gasteiger partial charge is 0.378 e. The number of nitrogens with zero attached hydrogens (tertiary/aromatic N) is 1. The molecule has 1 heterocycles. The number of carbonyl (C=O) groups is 3. The number of nitrogens with one attached hydrogen (secondary N) is 2. The fourth-order valence-electron chi connectivity index (χ4n) is 3.01. The molecule has 0 saturated carbocycles. The number of likely N-dealkylation sites (tertiary alicyclic amines) is 1. The van der Waals surface area contributed by atoms with Crippen molar-refractivity contribution in [3.05, 3.63) is 29.8 Å². The number of benzene rings is 1. The molecule has 0 spiro atoms. The molecule has 142 valence electrons. The van der Waals surface area contributed by atoms with Crippen molar-refractivity contribution in [2.24, 2.45) is 5.92 Å². The lowest BCUT2D eigenvalue weighted by Crippen LogP contribution is -2.54. The summed E-state index contributed by atoms with van der Waals surface area (Å²) in [6.45, 7) is 6.15. The molecular formula is C18H24IN3O4. The highest BCUT2D eigenvalue weighted by molar-refractivity contribution is 14.1. The zero-order chi connectivity index (χ0) is 19.3. The molecule has 1 saturated heterocycles. The third-order valence-corrected chi connectivity index (χ3v) is 4.83. The summed E-state index contributed by atoms with van der Waals surface area (Å²) in [5, 5.41) is 5.44. The highest BCUT2D eigenvalue weighted by atomic mass is 127. The predicted molar refractivity (Wildman–Crippen MR) is 107 cm³/mol. The summed E-state index contributed by atoms with van der Waals surface area (Å²) in [7, 11) is 0. The molecule has 1 aliphatic heterocycles. The molecule has 0 aliphatic carbocycles. The molecular weight excluding hydrogens is 449 g/mol. The van der Waals surface area contributed by atoms with E-state index in [1.807, 2.05) is 45.0 Å². The first-order valence-corrected chi connectivity index (χ1v) is 9.48. The summed E-state index contributed by atoms with van der Waals surface area (Å²) in [6, 6.07) is 6.24. The standard InChI is InChI=1S/C18H24IN3O4/c1-11(2)15(21-18(25)26-19)17(24)22-10-4-5-14(22)16(23)20-13-8-6-12(3)7-9-13/h6-9,11,14-15H,4-5,10H2,1-3H3,(H,20,23)(H,21,25)/t14-,15-/m0/s1. The van der Waals surface area contributed by atoms with E-state index in [0.29, 0.717) is 18.7 Å². The third-order valence-electron chi connectivity index (χ3n) is 4.43. The monoisotopic (exact) mass is 473 g/mol. The summed E-state index contributed by atoms with van der Waals surface area (Å²) in [5.41, 5.74) is 1.81. The van der Waals surface area contributed by atoms with Crippen LogP contribution in [0.25, 0.3) is 0 Å². The second-order valence-corrected chi connectivity index (χ2v) is 7.22. The van der Waals surface area contributed by atoms with Gasteiger partial charge in [-0.25, -0.2) is 4.79 Å². The number of anilines is 1. The first-order chi connectivity index (χ1) is 12.3. The van der Waals surface area contributed by atoms with Crippen LogP contribution in [0.2, 0.25) is 0 Å². The van der Waals surface area contributed by atoms with Crippen LogP contribution in [0.4, 0.5) is 10.5 Å². The van der Waals surface area contributed by atoms with Crippen LogP contribution in [0.3, 0.4) is 0 Å². The van der Waals surface area contributed by atoms with Crippen LogP contribution in [0, 0.1) is 12.8 Å². The number of rotatable bonds is 5. The van der Waals surface area contributed by atoms with Gasteiger partial charge in [0.05, 0.1) is 0 Å². The summed E-state index contributed by atoms with van der Waals surface area (Å²) >= 11 is 1.47. The van der Waals surface area contributed by atoms with Crippen molar-refractivity contribution in [1.82, 2.24) is 10.2 Å². The van der Waals surface area contributed by atoms with Crippen molar-refractivity contribution in [3.8, 4) is 0 Å². The number of aryl methyl sites for hydroxylation is 1. The van der Waals surface area contributed by atoms with E-state index in [1.54, 1.807) is 4.90 Å². The molecule has 8 heteroatoms. The molecule has 1 aromatic carbocycles. The molecule has 0 bridgehead atoms. The van der Waals surface area contributed by atoms with E-state index in [1.165, 1.54) is 23.0 Å². The van der Waals surface area contributed by atoms with E-state index in [0.717, 1.165) is 12.0 Å². The minimum atomic E-state index is -0.731. The second-order valence-electron chi connectivity index (χ2n) is 6.78. The molecule has 1 fully saturated rings. The van der Waals surface area contributed by atoms with Gasteiger partial charge in [-0.2, -0.15) is 0 Å². The van der Waals surface area contributed by atoms with E-state index in [2.05, 4.69) is 13.7 Å². The Morgan fingerprint density at radius 2 is 1.88 bits per heavy atom. The summed E-state index contributed by atoms with van der Waals surface area (Å²) in [6.07, 6.45) is 0.682. The van der Waals surface area contributed by atoms with Crippen molar-refractivity contribution >= 4 is 46.6 Å². The van der Waals surface area contributed by atoms with Gasteiger partial charge in [-0.1, -0.05) is 31.5 Å². The molecule has 2 atom stereocenters. The third kappa shape index (κ3) is 5.09. The summed E-state index contributed by atoms with van der Waals surface area (Å²) in [4.78, 5) is 38.7. The maximum absolute atomic E-state index is 12.9. The number of carbonyl (C=O) groups excluding carboxylic acids is 3. The van der Waals surface area contributed by atoms with Gasteiger partial charge in [-0.05, 0) is 37.8 Å². The first-order valence-electron chi connectivity index (χ1n) is 8.60. The molecule has 2 rings (SSSR count). The van der Waals surface area contributed by atoms with Gasteiger partial charge in [0.2, 0.25) is 11.8 Å². The normalized spacial score (nSPS) is 17.7. The van der Waals surface area contributed by atoms with Crippen molar-refractivity contribution in [3.63, 3.8) is 0 Å². The minimum absolute atomic E-state index is 0.126. The van der Waals surface area contributed by atoms with Crippen molar-refractivity contribution in [2.45, 2.75) is 45.7 Å². The predicted octanol–water partition coefficient (Wildman–Crippen LogP) is 3.03. The van der Waals surface area contributed by atoms with E-state index >= 15 is 0 Å². The highest BCUT2D eigenvalue weighted by Gasteiger charge is 2.38. The summed E-state index contributed by atoms with van der Waals surface area (Å²) < 4.78 is 4.58. The lowest BCUT2D eigenvalue weighted by Gasteiger charge is -2.30. The Hall–Kier alpha value is -1.84. The second kappa shape index (κ2) is 9.20. The van der Waals surface area contributed by atoms with Crippen LogP contribution in [0.1, 0.15) is 32.3 Å². The number of halogens is 1. The highest BCUT2D eigenvalue weighted by Crippen LogP contribution is 2.22. The Bertz CT molecular complexity index is 663. The molecule has 1 aliphatic rings. The lowest BCUT2D eigenvalue weighted by atomic mass is 10.0. The van der Waals surface area contributed by atoms with E-state index in [-0.39, 0.29) is 17.7 Å². The van der Waals surface area contributed by atoms with Gasteiger partial charge < -0.3 is 18.6 Å². The molecule has 2 N–H and O–H groups in total. The zero-order valence-corrected chi connectivity index (χ0v) is 17.3. The van der Waals surface area contributed by atoms with Crippen molar-refractivity contribution in [2.75, 3.05) is 11.9 Å². The van der Waals surface area contributed by atoms with Gasteiger partial charge >= 0.3 is 6.09 Å². The lowest BCUT2D eigenvalue weighted by molar-refractivity contribution is -0.139. The Morgan fingerprint density at radius 1 is 1.23 bits per heavy atom. The quantitative estimate of drug-likeness (QED) is 0.644. The van der Waals surface area contributed by atoms with Crippen LogP contribution in [-0.2, 0) is 12.7 Å². The van der Waals surface area contributed by atoms with Gasteiger partial charge in [0.25, 0.3) is 0 Å². The van der Waals surface area contributed by atoms with Crippen LogP contribution < -0.4 is 10.6 Å². The van der Waals surface area contributed by atoms with Gasteiger partial charge in [0.15, 0.2) is 23.0 Å². The molecule has 0 aromatic heterocycles. The molecule has 1 aromatic rings. The zero-order valence-electron chi connectivity index (χ0n) is 15.1. The van der Waals surface area contributed by atoms with Crippen LogP contribution in [-0.4, -0.2) is 41.4 Å². The maximum Gasteiger partial charge on any atom is 0.417 e. The van der Waals surface area contributed by atoms with Crippen LogP contribution in [0.5, 0.6) is 0 Å². The van der Waals surface area contributed by atoms with Crippen molar-refractivity contribution in [1.29, 1.82) is 0 Å². The Morgan fingerprint density at radius 3 is 2.46 bits per heavy atom. The average molecular weight is 473 g/mol. The molecule has 0 unspecified atom stereocenters. The Kier molecular flexibility index (Phi) is 7.24. The van der Waals surface area contributed by atoms with Crippen LogP contribution in [0.15, 0.2) is 24.3 Å². The molecule has 26 heavy (non-hydrogen) atoms. The topological polar surface area (TPSA) is 87.7 Å². The molecule has 3 amide bonds. The fraction of sp³-hybridized carbons (Fsp3) is 0.500. The van der Waals surface area contributed by atoms with Crippen LogP contribution >= 0.6 is 23.0 Å².